The average Bonchev–Trinajstić information content (AvgIpc) is 2.54. The second-order valence-electron chi connectivity index (χ2n) is 7.08. The highest BCUT2D eigenvalue weighted by Gasteiger charge is 2.37. The lowest BCUT2D eigenvalue weighted by molar-refractivity contribution is -0.163. The summed E-state index contributed by atoms with van der Waals surface area (Å²) in [4.78, 5) is 24.6. The highest BCUT2D eigenvalue weighted by Crippen LogP contribution is 2.32. The molecule has 0 bridgehead atoms. The molecule has 0 aromatic rings. The summed E-state index contributed by atoms with van der Waals surface area (Å²) in [6.07, 6.45) is 8.69. The lowest BCUT2D eigenvalue weighted by Crippen LogP contribution is -2.35. The SMILES string of the molecule is CCCCCCOC(=O)C1CCCCC1C(=O)OCCC(C)C. The molecule has 0 radical (unpaired) electrons. The normalized spacial score (nSPS) is 21.2. The van der Waals surface area contributed by atoms with Crippen LogP contribution in [0.25, 0.3) is 0 Å². The second kappa shape index (κ2) is 11.5. The van der Waals surface area contributed by atoms with Crippen LogP contribution in [0.3, 0.4) is 0 Å². The molecular weight excluding hydrogens is 292 g/mol. The summed E-state index contributed by atoms with van der Waals surface area (Å²) in [6, 6.07) is 0. The van der Waals surface area contributed by atoms with Gasteiger partial charge in [0, 0.05) is 0 Å². The van der Waals surface area contributed by atoms with Crippen molar-refractivity contribution in [3.05, 3.63) is 0 Å². The monoisotopic (exact) mass is 326 g/mol. The van der Waals surface area contributed by atoms with Crippen molar-refractivity contribution in [3.63, 3.8) is 0 Å². The molecule has 1 aliphatic carbocycles. The average molecular weight is 326 g/mol. The summed E-state index contributed by atoms with van der Waals surface area (Å²) < 4.78 is 10.8. The molecule has 0 aromatic carbocycles. The van der Waals surface area contributed by atoms with Crippen LogP contribution in [0.1, 0.15) is 78.6 Å². The van der Waals surface area contributed by atoms with E-state index in [1.54, 1.807) is 0 Å². The number of hydrogen-bond donors (Lipinski definition) is 0. The minimum atomic E-state index is -0.306. The molecule has 4 heteroatoms. The van der Waals surface area contributed by atoms with Crippen molar-refractivity contribution in [2.24, 2.45) is 17.8 Å². The zero-order valence-corrected chi connectivity index (χ0v) is 15.1. The molecule has 0 heterocycles. The van der Waals surface area contributed by atoms with Crippen LogP contribution in [-0.2, 0) is 19.1 Å². The van der Waals surface area contributed by atoms with E-state index in [1.165, 1.54) is 12.8 Å². The number of rotatable bonds is 10. The predicted octanol–water partition coefficient (Wildman–Crippen LogP) is 4.51. The predicted molar refractivity (Wildman–Crippen MR) is 91.0 cm³/mol. The number of carbonyl (C=O) groups excluding carboxylic acids is 2. The number of unbranched alkanes of at least 4 members (excludes halogenated alkanes) is 3. The standard InChI is InChI=1S/C19H34O4/c1-4-5-6-9-13-22-18(20)16-10-7-8-11-17(16)19(21)23-14-12-15(2)3/h15-17H,4-14H2,1-3H3. The van der Waals surface area contributed by atoms with Crippen molar-refractivity contribution >= 4 is 11.9 Å². The molecule has 0 aliphatic heterocycles. The van der Waals surface area contributed by atoms with Crippen molar-refractivity contribution in [2.45, 2.75) is 78.6 Å². The molecule has 1 fully saturated rings. The third-order valence-corrected chi connectivity index (χ3v) is 4.55. The van der Waals surface area contributed by atoms with Crippen LogP contribution >= 0.6 is 0 Å². The number of hydrogen-bond acceptors (Lipinski definition) is 4. The molecular formula is C19H34O4. The van der Waals surface area contributed by atoms with Gasteiger partial charge in [-0.05, 0) is 31.6 Å². The van der Waals surface area contributed by atoms with E-state index in [2.05, 4.69) is 20.8 Å². The summed E-state index contributed by atoms with van der Waals surface area (Å²) in [5.74, 6) is -0.510. The first-order chi connectivity index (χ1) is 11.1. The van der Waals surface area contributed by atoms with E-state index in [-0.39, 0.29) is 23.8 Å². The topological polar surface area (TPSA) is 52.6 Å². The first-order valence-electron chi connectivity index (χ1n) is 9.39. The molecule has 1 rings (SSSR count). The van der Waals surface area contributed by atoms with Crippen molar-refractivity contribution in [2.75, 3.05) is 13.2 Å². The quantitative estimate of drug-likeness (QED) is 0.438. The van der Waals surface area contributed by atoms with E-state index in [0.717, 1.165) is 44.9 Å². The summed E-state index contributed by atoms with van der Waals surface area (Å²) in [5.41, 5.74) is 0. The van der Waals surface area contributed by atoms with Gasteiger partial charge in [0.25, 0.3) is 0 Å². The van der Waals surface area contributed by atoms with Gasteiger partial charge in [-0.1, -0.05) is 52.9 Å². The zero-order chi connectivity index (χ0) is 17.1. The number of ether oxygens (including phenoxy) is 2. The van der Waals surface area contributed by atoms with Crippen molar-refractivity contribution in [1.29, 1.82) is 0 Å². The van der Waals surface area contributed by atoms with E-state index in [0.29, 0.717) is 19.1 Å². The molecule has 4 nitrogen and oxygen atoms in total. The van der Waals surface area contributed by atoms with E-state index in [9.17, 15) is 9.59 Å². The van der Waals surface area contributed by atoms with Gasteiger partial charge in [-0.2, -0.15) is 0 Å². The molecule has 2 unspecified atom stereocenters. The minimum Gasteiger partial charge on any atom is -0.465 e. The summed E-state index contributed by atoms with van der Waals surface area (Å²) in [5, 5.41) is 0. The van der Waals surface area contributed by atoms with Gasteiger partial charge >= 0.3 is 11.9 Å². The van der Waals surface area contributed by atoms with Crippen molar-refractivity contribution < 1.29 is 19.1 Å². The van der Waals surface area contributed by atoms with E-state index in [1.807, 2.05) is 0 Å². The van der Waals surface area contributed by atoms with Crippen LogP contribution in [-0.4, -0.2) is 25.2 Å². The fraction of sp³-hybridized carbons (Fsp3) is 0.895. The van der Waals surface area contributed by atoms with Crippen LogP contribution in [0.2, 0.25) is 0 Å². The van der Waals surface area contributed by atoms with Crippen molar-refractivity contribution in [1.82, 2.24) is 0 Å². The van der Waals surface area contributed by atoms with Gasteiger partial charge in [0.1, 0.15) is 0 Å². The maximum absolute atomic E-state index is 12.3. The largest absolute Gasteiger partial charge is 0.465 e. The minimum absolute atomic E-state index is 0.202. The lowest BCUT2D eigenvalue weighted by Gasteiger charge is -2.28. The Morgan fingerprint density at radius 3 is 2.00 bits per heavy atom. The van der Waals surface area contributed by atoms with Gasteiger partial charge in [-0.15, -0.1) is 0 Å². The van der Waals surface area contributed by atoms with Crippen LogP contribution in [0, 0.1) is 17.8 Å². The zero-order valence-electron chi connectivity index (χ0n) is 15.1. The Morgan fingerprint density at radius 2 is 1.48 bits per heavy atom. The third kappa shape index (κ3) is 7.85. The molecule has 134 valence electrons. The van der Waals surface area contributed by atoms with Gasteiger partial charge in [0.05, 0.1) is 25.0 Å². The fourth-order valence-electron chi connectivity index (χ4n) is 3.01. The Labute approximate surface area is 141 Å². The molecule has 23 heavy (non-hydrogen) atoms. The second-order valence-corrected chi connectivity index (χ2v) is 7.08. The van der Waals surface area contributed by atoms with Crippen molar-refractivity contribution in [3.8, 4) is 0 Å². The highest BCUT2D eigenvalue weighted by atomic mass is 16.5. The Morgan fingerprint density at radius 1 is 0.913 bits per heavy atom. The lowest BCUT2D eigenvalue weighted by atomic mass is 9.79. The van der Waals surface area contributed by atoms with Crippen LogP contribution in [0.15, 0.2) is 0 Å². The molecule has 0 N–H and O–H groups in total. The molecule has 1 aliphatic rings. The smallest absolute Gasteiger partial charge is 0.309 e. The third-order valence-electron chi connectivity index (χ3n) is 4.55. The summed E-state index contributed by atoms with van der Waals surface area (Å²) >= 11 is 0. The summed E-state index contributed by atoms with van der Waals surface area (Å²) in [7, 11) is 0. The highest BCUT2D eigenvalue weighted by molar-refractivity contribution is 5.82. The molecule has 2 atom stereocenters. The van der Waals surface area contributed by atoms with Gasteiger partial charge in [0.15, 0.2) is 0 Å². The molecule has 0 aromatic heterocycles. The van der Waals surface area contributed by atoms with E-state index < -0.39 is 0 Å². The maximum Gasteiger partial charge on any atom is 0.309 e. The van der Waals surface area contributed by atoms with Crippen LogP contribution in [0.4, 0.5) is 0 Å². The molecule has 1 saturated carbocycles. The van der Waals surface area contributed by atoms with Crippen LogP contribution < -0.4 is 0 Å². The maximum atomic E-state index is 12.3. The first-order valence-corrected chi connectivity index (χ1v) is 9.39. The van der Waals surface area contributed by atoms with Crippen LogP contribution in [0.5, 0.6) is 0 Å². The first kappa shape index (κ1) is 20.0. The van der Waals surface area contributed by atoms with Gasteiger partial charge in [-0.3, -0.25) is 9.59 Å². The van der Waals surface area contributed by atoms with E-state index in [4.69, 9.17) is 9.47 Å². The van der Waals surface area contributed by atoms with Gasteiger partial charge < -0.3 is 9.47 Å². The Bertz CT molecular complexity index is 351. The number of esters is 2. The fourth-order valence-corrected chi connectivity index (χ4v) is 3.01. The summed E-state index contributed by atoms with van der Waals surface area (Å²) in [6.45, 7) is 7.29. The molecule has 0 spiro atoms. The van der Waals surface area contributed by atoms with E-state index >= 15 is 0 Å². The number of carbonyl (C=O) groups is 2. The van der Waals surface area contributed by atoms with Gasteiger partial charge in [-0.25, -0.2) is 0 Å². The van der Waals surface area contributed by atoms with Gasteiger partial charge in [0.2, 0.25) is 0 Å². The Kier molecular flexibility index (Phi) is 9.97. The Balaban J connectivity index is 2.40. The Hall–Kier alpha value is -1.06. The molecule has 0 saturated heterocycles. The molecule has 0 amide bonds.